The van der Waals surface area contributed by atoms with E-state index in [0.29, 0.717) is 22.3 Å². The third-order valence-electron chi connectivity index (χ3n) is 2.68. The van der Waals surface area contributed by atoms with Gasteiger partial charge in [-0.2, -0.15) is 10.2 Å². The zero-order valence-corrected chi connectivity index (χ0v) is 12.3. The Morgan fingerprint density at radius 1 is 1.53 bits per heavy atom. The molecule has 2 heterocycles. The number of ketones is 1. The summed E-state index contributed by atoms with van der Waals surface area (Å²) in [5.41, 5.74) is 6.51. The highest BCUT2D eigenvalue weighted by molar-refractivity contribution is 9.10. The van der Waals surface area contributed by atoms with Gasteiger partial charge >= 0.3 is 0 Å². The quantitative estimate of drug-likeness (QED) is 0.791. The van der Waals surface area contributed by atoms with Gasteiger partial charge in [0.05, 0.1) is 29.0 Å². The largest absolute Gasteiger partial charge is 0.383 e. The van der Waals surface area contributed by atoms with Crippen LogP contribution >= 0.6 is 15.9 Å². The van der Waals surface area contributed by atoms with Crippen LogP contribution in [0.5, 0.6) is 0 Å². The molecule has 0 bridgehead atoms. The number of rotatable bonds is 5. The molecule has 2 aromatic rings. The van der Waals surface area contributed by atoms with E-state index in [1.54, 1.807) is 10.9 Å². The van der Waals surface area contributed by atoms with Gasteiger partial charge in [0.25, 0.3) is 0 Å². The predicted molar refractivity (Wildman–Crippen MR) is 74.9 cm³/mol. The third kappa shape index (κ3) is 2.85. The normalized spacial score (nSPS) is 11.2. The summed E-state index contributed by atoms with van der Waals surface area (Å²) >= 11 is 3.35. The molecule has 0 unspecified atom stereocenters. The molecule has 19 heavy (non-hydrogen) atoms. The van der Waals surface area contributed by atoms with Gasteiger partial charge < -0.3 is 10.6 Å². The molecule has 7 nitrogen and oxygen atoms in total. The number of carbonyl (C=O) groups excluding carboxylic acids is 1. The van der Waals surface area contributed by atoms with Gasteiger partial charge in [-0.05, 0) is 30.0 Å². The Labute approximate surface area is 118 Å². The van der Waals surface area contributed by atoms with E-state index in [-0.39, 0.29) is 11.6 Å². The van der Waals surface area contributed by atoms with Crippen LogP contribution in [0.2, 0.25) is 0 Å². The van der Waals surface area contributed by atoms with Crippen molar-refractivity contribution in [1.29, 1.82) is 0 Å². The van der Waals surface area contributed by atoms with Crippen molar-refractivity contribution in [3.63, 3.8) is 0 Å². The molecule has 0 fully saturated rings. The second-order valence-corrected chi connectivity index (χ2v) is 5.25. The first-order chi connectivity index (χ1) is 9.00. The van der Waals surface area contributed by atoms with Crippen molar-refractivity contribution in [1.82, 2.24) is 24.9 Å². The van der Waals surface area contributed by atoms with Gasteiger partial charge in [-0.1, -0.05) is 0 Å². The van der Waals surface area contributed by atoms with Crippen molar-refractivity contribution in [2.24, 2.45) is 0 Å². The van der Waals surface area contributed by atoms with Crippen LogP contribution in [0.1, 0.15) is 16.1 Å². The van der Waals surface area contributed by atoms with Gasteiger partial charge in [-0.3, -0.25) is 14.6 Å². The van der Waals surface area contributed by atoms with Crippen LogP contribution in [0.3, 0.4) is 0 Å². The first-order valence-corrected chi connectivity index (χ1v) is 6.49. The fraction of sp³-hybridized carbons (Fsp3) is 0.364. The van der Waals surface area contributed by atoms with Gasteiger partial charge in [-0.15, -0.1) is 0 Å². The van der Waals surface area contributed by atoms with Crippen LogP contribution in [-0.2, 0) is 6.54 Å². The summed E-state index contributed by atoms with van der Waals surface area (Å²) in [6.45, 7) is 1.41. The van der Waals surface area contributed by atoms with Gasteiger partial charge in [-0.25, -0.2) is 0 Å². The van der Waals surface area contributed by atoms with E-state index in [1.807, 2.05) is 19.0 Å². The minimum atomic E-state index is -0.200. The Morgan fingerprint density at radius 3 is 2.84 bits per heavy atom. The zero-order valence-electron chi connectivity index (χ0n) is 10.7. The molecule has 2 aromatic heterocycles. The lowest BCUT2D eigenvalue weighted by molar-refractivity contribution is 0.102. The molecular weight excluding hydrogens is 312 g/mol. The van der Waals surface area contributed by atoms with E-state index in [4.69, 9.17) is 5.73 Å². The molecule has 8 heteroatoms. The maximum atomic E-state index is 12.4. The van der Waals surface area contributed by atoms with Crippen LogP contribution in [-0.4, -0.2) is 51.3 Å². The molecule has 0 aromatic carbocycles. The Morgan fingerprint density at radius 2 is 2.26 bits per heavy atom. The molecular formula is C11H15BrN6O. The molecule has 0 aliphatic carbocycles. The number of carbonyl (C=O) groups is 1. The molecule has 0 saturated heterocycles. The standard InChI is InChI=1S/C11H15BrN6O/c1-17(2)3-4-18-9(8(12)6-15-18)10(19)7-5-14-16-11(7)13/h5-6H,3-4H2,1-2H3,(H3,13,14,16). The number of aromatic nitrogens is 4. The molecule has 0 aliphatic rings. The Hall–Kier alpha value is -1.67. The van der Waals surface area contributed by atoms with E-state index < -0.39 is 0 Å². The van der Waals surface area contributed by atoms with Crippen molar-refractivity contribution in [3.05, 3.63) is 28.1 Å². The monoisotopic (exact) mass is 326 g/mol. The van der Waals surface area contributed by atoms with Crippen molar-refractivity contribution >= 4 is 27.5 Å². The van der Waals surface area contributed by atoms with Crippen LogP contribution < -0.4 is 5.73 Å². The summed E-state index contributed by atoms with van der Waals surface area (Å²) in [6, 6.07) is 0. The maximum absolute atomic E-state index is 12.4. The average Bonchev–Trinajstić information content (AvgIpc) is 2.92. The second kappa shape index (κ2) is 5.54. The van der Waals surface area contributed by atoms with Crippen LogP contribution in [0.4, 0.5) is 5.82 Å². The first kappa shape index (κ1) is 13.8. The number of likely N-dealkylation sites (N-methyl/N-ethyl adjacent to an activating group) is 1. The Kier molecular flexibility index (Phi) is 4.01. The highest BCUT2D eigenvalue weighted by atomic mass is 79.9. The SMILES string of the molecule is CN(C)CCn1ncc(Br)c1C(=O)c1cn[nH]c1N. The van der Waals surface area contributed by atoms with Crippen molar-refractivity contribution < 1.29 is 4.79 Å². The fourth-order valence-electron chi connectivity index (χ4n) is 1.66. The molecule has 0 saturated carbocycles. The highest BCUT2D eigenvalue weighted by Crippen LogP contribution is 2.21. The molecule has 2 rings (SSSR count). The Bertz CT molecular complexity index is 588. The molecule has 0 amide bonds. The number of aromatic amines is 1. The van der Waals surface area contributed by atoms with E-state index in [9.17, 15) is 4.79 Å². The van der Waals surface area contributed by atoms with Gasteiger partial charge in [0.1, 0.15) is 11.5 Å². The smallest absolute Gasteiger partial charge is 0.217 e. The molecule has 0 aliphatic heterocycles. The average molecular weight is 327 g/mol. The summed E-state index contributed by atoms with van der Waals surface area (Å²) in [4.78, 5) is 14.5. The summed E-state index contributed by atoms with van der Waals surface area (Å²) in [7, 11) is 3.93. The molecule has 3 N–H and O–H groups in total. The number of hydrogen-bond donors (Lipinski definition) is 2. The van der Waals surface area contributed by atoms with E-state index in [2.05, 4.69) is 31.2 Å². The number of halogens is 1. The van der Waals surface area contributed by atoms with Gasteiger partial charge in [0.2, 0.25) is 5.78 Å². The van der Waals surface area contributed by atoms with E-state index in [0.717, 1.165) is 6.54 Å². The number of nitrogen functional groups attached to an aromatic ring is 1. The second-order valence-electron chi connectivity index (χ2n) is 4.39. The lowest BCUT2D eigenvalue weighted by Gasteiger charge is -2.11. The van der Waals surface area contributed by atoms with Crippen molar-refractivity contribution in [2.45, 2.75) is 6.54 Å². The van der Waals surface area contributed by atoms with Crippen LogP contribution in [0.15, 0.2) is 16.9 Å². The number of nitrogens with one attached hydrogen (secondary N) is 1. The van der Waals surface area contributed by atoms with E-state index >= 15 is 0 Å². The number of H-pyrrole nitrogens is 1. The summed E-state index contributed by atoms with van der Waals surface area (Å²) in [6.07, 6.45) is 3.03. The summed E-state index contributed by atoms with van der Waals surface area (Å²) < 4.78 is 2.32. The number of nitrogens with two attached hydrogens (primary N) is 1. The molecule has 0 spiro atoms. The van der Waals surface area contributed by atoms with Gasteiger partial charge in [0, 0.05) is 6.54 Å². The number of nitrogens with zero attached hydrogens (tertiary/aromatic N) is 4. The van der Waals surface area contributed by atoms with Crippen LogP contribution in [0, 0.1) is 0 Å². The number of anilines is 1. The zero-order chi connectivity index (χ0) is 14.0. The van der Waals surface area contributed by atoms with Crippen LogP contribution in [0.25, 0.3) is 0 Å². The topological polar surface area (TPSA) is 92.8 Å². The predicted octanol–water partition coefficient (Wildman–Crippen LogP) is 0.743. The first-order valence-electron chi connectivity index (χ1n) is 5.70. The highest BCUT2D eigenvalue weighted by Gasteiger charge is 2.21. The fourth-order valence-corrected chi connectivity index (χ4v) is 2.13. The lowest BCUT2D eigenvalue weighted by atomic mass is 10.1. The van der Waals surface area contributed by atoms with Gasteiger partial charge in [0.15, 0.2) is 0 Å². The minimum absolute atomic E-state index is 0.200. The van der Waals surface area contributed by atoms with Crippen molar-refractivity contribution in [3.8, 4) is 0 Å². The molecule has 0 radical (unpaired) electrons. The minimum Gasteiger partial charge on any atom is -0.383 e. The number of hydrogen-bond acceptors (Lipinski definition) is 5. The third-order valence-corrected chi connectivity index (χ3v) is 3.26. The van der Waals surface area contributed by atoms with Crippen molar-refractivity contribution in [2.75, 3.05) is 26.4 Å². The molecule has 102 valence electrons. The lowest BCUT2D eigenvalue weighted by Crippen LogP contribution is -2.22. The van der Waals surface area contributed by atoms with E-state index in [1.165, 1.54) is 6.20 Å². The maximum Gasteiger partial charge on any atom is 0.217 e. The summed E-state index contributed by atoms with van der Waals surface area (Å²) in [5.74, 6) is 0.0617. The summed E-state index contributed by atoms with van der Waals surface area (Å²) in [5, 5.41) is 10.5. The molecule has 0 atom stereocenters. The Balaban J connectivity index is 2.31.